The second kappa shape index (κ2) is 5.65. The summed E-state index contributed by atoms with van der Waals surface area (Å²) < 4.78 is 0. The monoisotopic (exact) mass is 262 g/mol. The van der Waals surface area contributed by atoms with Crippen LogP contribution in [0.3, 0.4) is 0 Å². The summed E-state index contributed by atoms with van der Waals surface area (Å²) in [6.45, 7) is 7.85. The first kappa shape index (κ1) is 13.9. The van der Waals surface area contributed by atoms with Crippen molar-refractivity contribution in [3.63, 3.8) is 0 Å². The molecule has 0 spiro atoms. The summed E-state index contributed by atoms with van der Waals surface area (Å²) >= 11 is 0. The van der Waals surface area contributed by atoms with E-state index < -0.39 is 0 Å². The molecule has 19 heavy (non-hydrogen) atoms. The van der Waals surface area contributed by atoms with Gasteiger partial charge in [-0.3, -0.25) is 4.79 Å². The average molecular weight is 262 g/mol. The lowest BCUT2D eigenvalue weighted by atomic mass is 9.90. The van der Waals surface area contributed by atoms with Crippen molar-refractivity contribution in [3.05, 3.63) is 23.0 Å². The van der Waals surface area contributed by atoms with Crippen LogP contribution in [0.1, 0.15) is 48.4 Å². The van der Waals surface area contributed by atoms with Gasteiger partial charge in [0.15, 0.2) is 0 Å². The third-order valence-electron chi connectivity index (χ3n) is 3.69. The summed E-state index contributed by atoms with van der Waals surface area (Å²) in [6, 6.07) is 1.83. The van der Waals surface area contributed by atoms with Crippen LogP contribution in [-0.4, -0.2) is 34.7 Å². The molecule has 2 heterocycles. The number of nitrogens with zero attached hydrogens (tertiary/aromatic N) is 2. The molecule has 1 aromatic heterocycles. The predicted octanol–water partition coefficient (Wildman–Crippen LogP) is 1.22. The van der Waals surface area contributed by atoms with Crippen LogP contribution >= 0.6 is 0 Å². The van der Waals surface area contributed by atoms with Crippen LogP contribution in [0.5, 0.6) is 0 Å². The summed E-state index contributed by atoms with van der Waals surface area (Å²) in [7, 11) is 0. The molecule has 2 rings (SSSR count). The van der Waals surface area contributed by atoms with Crippen LogP contribution in [0.4, 0.5) is 0 Å². The number of carbonyl (C=O) groups is 1. The molecule has 2 N–H and O–H groups in total. The number of amides is 1. The van der Waals surface area contributed by atoms with Gasteiger partial charge in [-0.25, -0.2) is 0 Å². The van der Waals surface area contributed by atoms with Gasteiger partial charge < -0.3 is 10.6 Å². The molecule has 5 nitrogen and oxygen atoms in total. The minimum atomic E-state index is -0.121. The Kier molecular flexibility index (Phi) is 4.14. The second-order valence-electron chi connectivity index (χ2n) is 5.46. The summed E-state index contributed by atoms with van der Waals surface area (Å²) in [4.78, 5) is 12.5. The SMILES string of the molecule is CCc1nnc(C)cc1C(=O)NC1(C)CCNCC1. The van der Waals surface area contributed by atoms with Crippen molar-refractivity contribution in [1.82, 2.24) is 20.8 Å². The Morgan fingerprint density at radius 1 is 1.42 bits per heavy atom. The van der Waals surface area contributed by atoms with E-state index in [1.54, 1.807) is 0 Å². The molecule has 0 aliphatic carbocycles. The van der Waals surface area contributed by atoms with Crippen LogP contribution in [0, 0.1) is 6.92 Å². The maximum Gasteiger partial charge on any atom is 0.253 e. The fourth-order valence-corrected chi connectivity index (χ4v) is 2.42. The number of nitrogens with one attached hydrogen (secondary N) is 2. The molecule has 1 aliphatic rings. The molecule has 0 atom stereocenters. The van der Waals surface area contributed by atoms with E-state index in [2.05, 4.69) is 27.8 Å². The normalized spacial score (nSPS) is 18.1. The summed E-state index contributed by atoms with van der Waals surface area (Å²) in [5, 5.41) is 14.6. The number of aromatic nitrogens is 2. The van der Waals surface area contributed by atoms with Gasteiger partial charge in [0.05, 0.1) is 17.0 Å². The summed E-state index contributed by atoms with van der Waals surface area (Å²) in [5.41, 5.74) is 2.08. The van der Waals surface area contributed by atoms with Crippen LogP contribution in [0.15, 0.2) is 6.07 Å². The molecule has 1 fully saturated rings. The van der Waals surface area contributed by atoms with Crippen molar-refractivity contribution < 1.29 is 4.79 Å². The first-order chi connectivity index (χ1) is 9.04. The molecule has 0 aromatic carbocycles. The van der Waals surface area contributed by atoms with E-state index in [0.717, 1.165) is 37.3 Å². The molecular formula is C14H22N4O. The Hall–Kier alpha value is -1.49. The van der Waals surface area contributed by atoms with Gasteiger partial charge in [0.1, 0.15) is 0 Å². The van der Waals surface area contributed by atoms with Crippen LogP contribution < -0.4 is 10.6 Å². The van der Waals surface area contributed by atoms with Crippen molar-refractivity contribution in [2.24, 2.45) is 0 Å². The third kappa shape index (κ3) is 3.29. The van der Waals surface area contributed by atoms with E-state index in [0.29, 0.717) is 12.0 Å². The number of hydrogen-bond acceptors (Lipinski definition) is 4. The first-order valence-electron chi connectivity index (χ1n) is 6.90. The second-order valence-corrected chi connectivity index (χ2v) is 5.46. The van der Waals surface area contributed by atoms with E-state index in [-0.39, 0.29) is 11.4 Å². The van der Waals surface area contributed by atoms with Gasteiger partial charge in [-0.15, -0.1) is 0 Å². The van der Waals surface area contributed by atoms with Crippen molar-refractivity contribution >= 4 is 5.91 Å². The first-order valence-corrected chi connectivity index (χ1v) is 6.90. The van der Waals surface area contributed by atoms with E-state index in [4.69, 9.17) is 0 Å². The number of carbonyl (C=O) groups excluding carboxylic acids is 1. The predicted molar refractivity (Wildman–Crippen MR) is 74.1 cm³/mol. The van der Waals surface area contributed by atoms with Crippen LogP contribution in [-0.2, 0) is 6.42 Å². The Balaban J connectivity index is 2.17. The minimum absolute atomic E-state index is 0.0285. The van der Waals surface area contributed by atoms with Crippen molar-refractivity contribution in [2.45, 2.75) is 45.6 Å². The van der Waals surface area contributed by atoms with Crippen LogP contribution in [0.25, 0.3) is 0 Å². The Morgan fingerprint density at radius 2 is 2.11 bits per heavy atom. The van der Waals surface area contributed by atoms with Gasteiger partial charge in [0, 0.05) is 5.54 Å². The number of piperidine rings is 1. The zero-order valence-electron chi connectivity index (χ0n) is 11.9. The van der Waals surface area contributed by atoms with Crippen molar-refractivity contribution in [2.75, 3.05) is 13.1 Å². The quantitative estimate of drug-likeness (QED) is 0.859. The molecule has 1 amide bonds. The lowest BCUT2D eigenvalue weighted by Gasteiger charge is -2.35. The Labute approximate surface area is 114 Å². The maximum absolute atomic E-state index is 12.5. The Morgan fingerprint density at radius 3 is 2.74 bits per heavy atom. The number of aryl methyl sites for hydroxylation is 2. The van der Waals surface area contributed by atoms with Gasteiger partial charge in [-0.1, -0.05) is 6.92 Å². The number of hydrogen-bond donors (Lipinski definition) is 2. The molecule has 1 aromatic rings. The van der Waals surface area contributed by atoms with Gasteiger partial charge in [-0.05, 0) is 52.3 Å². The summed E-state index contributed by atoms with van der Waals surface area (Å²) in [6.07, 6.45) is 2.63. The smallest absolute Gasteiger partial charge is 0.253 e. The minimum Gasteiger partial charge on any atom is -0.347 e. The average Bonchev–Trinajstić information content (AvgIpc) is 2.39. The third-order valence-corrected chi connectivity index (χ3v) is 3.69. The molecular weight excluding hydrogens is 240 g/mol. The van der Waals surface area contributed by atoms with E-state index >= 15 is 0 Å². The Bertz CT molecular complexity index is 467. The zero-order valence-corrected chi connectivity index (χ0v) is 11.9. The highest BCUT2D eigenvalue weighted by Gasteiger charge is 2.29. The fourth-order valence-electron chi connectivity index (χ4n) is 2.42. The molecule has 1 saturated heterocycles. The van der Waals surface area contributed by atoms with E-state index in [9.17, 15) is 4.79 Å². The fraction of sp³-hybridized carbons (Fsp3) is 0.643. The largest absolute Gasteiger partial charge is 0.347 e. The molecule has 0 saturated carbocycles. The molecule has 0 unspecified atom stereocenters. The summed E-state index contributed by atoms with van der Waals surface area (Å²) in [5.74, 6) is -0.0285. The highest BCUT2D eigenvalue weighted by Crippen LogP contribution is 2.18. The molecule has 104 valence electrons. The van der Waals surface area contributed by atoms with Crippen molar-refractivity contribution in [3.8, 4) is 0 Å². The van der Waals surface area contributed by atoms with Gasteiger partial charge >= 0.3 is 0 Å². The maximum atomic E-state index is 12.5. The standard InChI is InChI=1S/C14H22N4O/c1-4-12-11(9-10(2)17-18-12)13(19)16-14(3)5-7-15-8-6-14/h9,15H,4-8H2,1-3H3,(H,16,19). The molecule has 0 radical (unpaired) electrons. The topological polar surface area (TPSA) is 66.9 Å². The lowest BCUT2D eigenvalue weighted by Crippen LogP contribution is -2.52. The zero-order chi connectivity index (χ0) is 13.9. The highest BCUT2D eigenvalue weighted by atomic mass is 16.1. The van der Waals surface area contributed by atoms with E-state index in [1.165, 1.54) is 0 Å². The highest BCUT2D eigenvalue weighted by molar-refractivity contribution is 5.95. The lowest BCUT2D eigenvalue weighted by molar-refractivity contribution is 0.0885. The van der Waals surface area contributed by atoms with Crippen molar-refractivity contribution in [1.29, 1.82) is 0 Å². The van der Waals surface area contributed by atoms with Crippen LogP contribution in [0.2, 0.25) is 0 Å². The van der Waals surface area contributed by atoms with Gasteiger partial charge in [0.25, 0.3) is 5.91 Å². The molecule has 0 bridgehead atoms. The van der Waals surface area contributed by atoms with Gasteiger partial charge in [-0.2, -0.15) is 10.2 Å². The molecule has 1 aliphatic heterocycles. The molecule has 5 heteroatoms. The number of rotatable bonds is 3. The van der Waals surface area contributed by atoms with Gasteiger partial charge in [0.2, 0.25) is 0 Å². The van der Waals surface area contributed by atoms with E-state index in [1.807, 2.05) is 19.9 Å².